The Hall–Kier alpha value is -3.69. The fourth-order valence-corrected chi connectivity index (χ4v) is 5.26. The quantitative estimate of drug-likeness (QED) is 0.353. The second-order valence-electron chi connectivity index (χ2n) is 9.58. The van der Waals surface area contributed by atoms with E-state index in [1.807, 2.05) is 50.2 Å². The Bertz CT molecular complexity index is 1690. The highest BCUT2D eigenvalue weighted by atomic mass is 35.5. The first-order chi connectivity index (χ1) is 17.3. The van der Waals surface area contributed by atoms with Gasteiger partial charge in [0.25, 0.3) is 5.56 Å². The molecular formula is C26H27ClN8O. The molecule has 5 heterocycles. The number of pyridine rings is 2. The summed E-state index contributed by atoms with van der Waals surface area (Å²) in [4.78, 5) is 18.1. The number of fused-ring (bicyclic) bond motifs is 3. The van der Waals surface area contributed by atoms with Crippen LogP contribution in [0.3, 0.4) is 0 Å². The standard InChI is InChI=1S/C26H27ClN8O/c1-14-7-18(15(2)31-21-5-6-22(27)32-24(21)16-9-29-33(3)13-16)23-19(8-14)26(36)34(4)25-20(23)12-30-35(25)17-10-28-11-17/h5-9,12-13,15,17,28,31H,10-11H2,1-4H3. The minimum absolute atomic E-state index is 0.0205. The third kappa shape index (κ3) is 3.58. The van der Waals surface area contributed by atoms with Crippen molar-refractivity contribution in [3.8, 4) is 11.3 Å². The average Bonchev–Trinajstić information content (AvgIpc) is 3.43. The van der Waals surface area contributed by atoms with Crippen LogP contribution in [-0.2, 0) is 14.1 Å². The van der Waals surface area contributed by atoms with Crippen LogP contribution in [0.1, 0.15) is 30.1 Å². The summed E-state index contributed by atoms with van der Waals surface area (Å²) in [7, 11) is 3.70. The van der Waals surface area contributed by atoms with Gasteiger partial charge in [-0.15, -0.1) is 0 Å². The van der Waals surface area contributed by atoms with Crippen molar-refractivity contribution < 1.29 is 0 Å². The van der Waals surface area contributed by atoms with Gasteiger partial charge in [-0.25, -0.2) is 9.67 Å². The summed E-state index contributed by atoms with van der Waals surface area (Å²) in [6.07, 6.45) is 5.58. The van der Waals surface area contributed by atoms with Gasteiger partial charge < -0.3 is 10.6 Å². The minimum atomic E-state index is -0.130. The molecule has 10 heteroatoms. The molecule has 0 bridgehead atoms. The Morgan fingerprint density at radius 3 is 2.64 bits per heavy atom. The summed E-state index contributed by atoms with van der Waals surface area (Å²) in [5.41, 5.74) is 5.33. The first-order valence-electron chi connectivity index (χ1n) is 11.9. The number of nitrogens with one attached hydrogen (secondary N) is 2. The summed E-state index contributed by atoms with van der Waals surface area (Å²) >= 11 is 6.25. The van der Waals surface area contributed by atoms with Gasteiger partial charge in [0.1, 0.15) is 10.8 Å². The first kappa shape index (κ1) is 22.8. The largest absolute Gasteiger partial charge is 0.377 e. The van der Waals surface area contributed by atoms with E-state index in [-0.39, 0.29) is 17.6 Å². The molecule has 1 saturated heterocycles. The molecule has 4 aromatic heterocycles. The number of aromatic nitrogens is 6. The molecule has 5 aromatic rings. The van der Waals surface area contributed by atoms with E-state index in [1.165, 1.54) is 0 Å². The summed E-state index contributed by atoms with van der Waals surface area (Å²) in [5.74, 6) is 0. The van der Waals surface area contributed by atoms with Crippen LogP contribution in [-0.4, -0.2) is 42.2 Å². The molecule has 36 heavy (non-hydrogen) atoms. The van der Waals surface area contributed by atoms with E-state index in [4.69, 9.17) is 16.7 Å². The Labute approximate surface area is 212 Å². The molecule has 2 N–H and O–H groups in total. The highest BCUT2D eigenvalue weighted by Gasteiger charge is 2.26. The number of anilines is 1. The zero-order valence-corrected chi connectivity index (χ0v) is 21.3. The first-order valence-corrected chi connectivity index (χ1v) is 12.3. The molecule has 1 aliphatic heterocycles. The lowest BCUT2D eigenvalue weighted by Gasteiger charge is -2.28. The molecule has 0 saturated carbocycles. The van der Waals surface area contributed by atoms with Crippen LogP contribution >= 0.6 is 11.6 Å². The molecule has 1 atom stereocenters. The van der Waals surface area contributed by atoms with E-state index in [9.17, 15) is 4.79 Å². The van der Waals surface area contributed by atoms with Crippen molar-refractivity contribution in [1.82, 2.24) is 34.4 Å². The maximum absolute atomic E-state index is 13.5. The van der Waals surface area contributed by atoms with Crippen molar-refractivity contribution in [3.05, 3.63) is 69.5 Å². The van der Waals surface area contributed by atoms with Crippen LogP contribution in [0.4, 0.5) is 5.69 Å². The van der Waals surface area contributed by atoms with E-state index < -0.39 is 0 Å². The van der Waals surface area contributed by atoms with Crippen LogP contribution in [0.25, 0.3) is 33.1 Å². The van der Waals surface area contributed by atoms with Gasteiger partial charge in [-0.05, 0) is 43.2 Å². The SMILES string of the molecule is Cc1cc(C(C)Nc2ccc(Cl)nc2-c2cnn(C)c2)c2c(c1)c(=O)n(C)c1c2cnn1C1CNC1. The smallest absolute Gasteiger partial charge is 0.259 e. The molecule has 6 rings (SSSR count). The number of halogens is 1. The lowest BCUT2D eigenvalue weighted by Crippen LogP contribution is -2.44. The van der Waals surface area contributed by atoms with Crippen molar-refractivity contribution in [1.29, 1.82) is 0 Å². The summed E-state index contributed by atoms with van der Waals surface area (Å²) in [5, 5.41) is 18.9. The van der Waals surface area contributed by atoms with E-state index in [0.717, 1.165) is 57.6 Å². The number of hydrogen-bond donors (Lipinski definition) is 2. The molecule has 1 aromatic carbocycles. The van der Waals surface area contributed by atoms with Gasteiger partial charge in [0.2, 0.25) is 0 Å². The highest BCUT2D eigenvalue weighted by Crippen LogP contribution is 2.35. The fourth-order valence-electron chi connectivity index (χ4n) is 5.11. The zero-order valence-electron chi connectivity index (χ0n) is 20.6. The van der Waals surface area contributed by atoms with Gasteiger partial charge in [0, 0.05) is 61.1 Å². The Morgan fingerprint density at radius 1 is 1.14 bits per heavy atom. The topological polar surface area (TPSA) is 94.6 Å². The number of benzene rings is 1. The van der Waals surface area contributed by atoms with Crippen molar-refractivity contribution in [2.24, 2.45) is 14.1 Å². The molecule has 1 aliphatic rings. The maximum atomic E-state index is 13.5. The second kappa shape index (κ2) is 8.46. The van der Waals surface area contributed by atoms with Crippen molar-refractivity contribution in [3.63, 3.8) is 0 Å². The lowest BCUT2D eigenvalue weighted by molar-refractivity contribution is 0.323. The molecule has 0 aliphatic carbocycles. The highest BCUT2D eigenvalue weighted by molar-refractivity contribution is 6.29. The van der Waals surface area contributed by atoms with Crippen LogP contribution in [0.15, 0.2) is 47.7 Å². The molecule has 9 nitrogen and oxygen atoms in total. The fraction of sp³-hybridized carbons (Fsp3) is 0.308. The third-order valence-electron chi connectivity index (χ3n) is 6.99. The zero-order chi connectivity index (χ0) is 25.1. The number of nitrogens with zero attached hydrogens (tertiary/aromatic N) is 6. The number of hydrogen-bond acceptors (Lipinski definition) is 6. The van der Waals surface area contributed by atoms with Crippen LogP contribution in [0, 0.1) is 6.92 Å². The number of aryl methyl sites for hydroxylation is 3. The van der Waals surface area contributed by atoms with E-state index in [1.54, 1.807) is 21.5 Å². The van der Waals surface area contributed by atoms with Gasteiger partial charge in [0.05, 0.1) is 29.8 Å². The van der Waals surface area contributed by atoms with Gasteiger partial charge in [0.15, 0.2) is 0 Å². The second-order valence-corrected chi connectivity index (χ2v) is 9.97. The average molecular weight is 503 g/mol. The minimum Gasteiger partial charge on any atom is -0.377 e. The molecule has 184 valence electrons. The Balaban J connectivity index is 1.52. The van der Waals surface area contributed by atoms with Crippen molar-refractivity contribution in [2.45, 2.75) is 25.9 Å². The van der Waals surface area contributed by atoms with Gasteiger partial charge in [-0.3, -0.25) is 14.0 Å². The predicted octanol–water partition coefficient (Wildman–Crippen LogP) is 3.96. The van der Waals surface area contributed by atoms with Crippen molar-refractivity contribution in [2.75, 3.05) is 18.4 Å². The summed E-state index contributed by atoms with van der Waals surface area (Å²) < 4.78 is 5.45. The summed E-state index contributed by atoms with van der Waals surface area (Å²) in [6, 6.07) is 7.94. The van der Waals surface area contributed by atoms with E-state index >= 15 is 0 Å². The maximum Gasteiger partial charge on any atom is 0.259 e. The van der Waals surface area contributed by atoms with Crippen LogP contribution in [0.5, 0.6) is 0 Å². The van der Waals surface area contributed by atoms with Crippen LogP contribution < -0.4 is 16.2 Å². The normalized spacial score (nSPS) is 14.9. The lowest BCUT2D eigenvalue weighted by atomic mass is 9.95. The van der Waals surface area contributed by atoms with Gasteiger partial charge in [-0.1, -0.05) is 17.7 Å². The molecular weight excluding hydrogens is 476 g/mol. The molecule has 0 amide bonds. The predicted molar refractivity (Wildman–Crippen MR) is 143 cm³/mol. The molecule has 0 radical (unpaired) electrons. The molecule has 1 fully saturated rings. The van der Waals surface area contributed by atoms with Crippen LogP contribution in [0.2, 0.25) is 5.15 Å². The molecule has 1 unspecified atom stereocenters. The monoisotopic (exact) mass is 502 g/mol. The van der Waals surface area contributed by atoms with Crippen molar-refractivity contribution >= 4 is 39.1 Å². The third-order valence-corrected chi connectivity index (χ3v) is 7.20. The Kier molecular flexibility index (Phi) is 5.35. The number of rotatable bonds is 5. The van der Waals surface area contributed by atoms with E-state index in [0.29, 0.717) is 10.5 Å². The summed E-state index contributed by atoms with van der Waals surface area (Å²) in [6.45, 7) is 5.82. The van der Waals surface area contributed by atoms with Gasteiger partial charge in [-0.2, -0.15) is 10.2 Å². The molecule has 0 spiro atoms. The Morgan fingerprint density at radius 2 is 1.94 bits per heavy atom. The van der Waals surface area contributed by atoms with E-state index in [2.05, 4.69) is 33.7 Å². The van der Waals surface area contributed by atoms with Gasteiger partial charge >= 0.3 is 0 Å².